The number of para-hydroxylation sites is 1. The normalized spacial score (nSPS) is 15.7. The van der Waals surface area contributed by atoms with Crippen LogP contribution in [0.25, 0.3) is 10.9 Å². The number of pyridine rings is 1. The van der Waals surface area contributed by atoms with Crippen molar-refractivity contribution in [3.63, 3.8) is 0 Å². The summed E-state index contributed by atoms with van der Waals surface area (Å²) < 4.78 is 1.62. The molecule has 1 saturated heterocycles. The van der Waals surface area contributed by atoms with Crippen LogP contribution in [0.3, 0.4) is 0 Å². The van der Waals surface area contributed by atoms with E-state index in [2.05, 4.69) is 71.8 Å². The molecule has 0 saturated carbocycles. The number of hydrogen-bond donors (Lipinski definition) is 0. The SMILES string of the molecule is Cc1cc(N2CCN(CCn3nc(C(C)(C)C)ccc3=O)CC2)c2ccccc2n1. The van der Waals surface area contributed by atoms with Crippen molar-refractivity contribution in [1.29, 1.82) is 0 Å². The Kier molecular flexibility index (Phi) is 5.60. The lowest BCUT2D eigenvalue weighted by molar-refractivity contribution is 0.242. The van der Waals surface area contributed by atoms with Crippen LogP contribution in [-0.4, -0.2) is 52.4 Å². The minimum atomic E-state index is -0.0630. The summed E-state index contributed by atoms with van der Waals surface area (Å²) in [6.07, 6.45) is 0. The first-order valence-electron chi connectivity index (χ1n) is 10.7. The zero-order chi connectivity index (χ0) is 21.3. The van der Waals surface area contributed by atoms with Gasteiger partial charge in [-0.3, -0.25) is 14.7 Å². The first-order chi connectivity index (χ1) is 14.3. The monoisotopic (exact) mass is 405 g/mol. The number of anilines is 1. The van der Waals surface area contributed by atoms with Crippen LogP contribution in [0, 0.1) is 6.92 Å². The van der Waals surface area contributed by atoms with Gasteiger partial charge < -0.3 is 4.90 Å². The van der Waals surface area contributed by atoms with Crippen LogP contribution in [0.5, 0.6) is 0 Å². The summed E-state index contributed by atoms with van der Waals surface area (Å²) >= 11 is 0. The molecule has 1 aliphatic rings. The summed E-state index contributed by atoms with van der Waals surface area (Å²) in [7, 11) is 0. The van der Waals surface area contributed by atoms with Crippen LogP contribution in [0.1, 0.15) is 32.2 Å². The van der Waals surface area contributed by atoms with Crippen LogP contribution in [0.4, 0.5) is 5.69 Å². The molecule has 0 unspecified atom stereocenters. The van der Waals surface area contributed by atoms with Crippen molar-refractivity contribution in [3.05, 3.63) is 64.2 Å². The molecule has 0 bridgehead atoms. The number of hydrogen-bond acceptors (Lipinski definition) is 5. The van der Waals surface area contributed by atoms with E-state index in [4.69, 9.17) is 0 Å². The van der Waals surface area contributed by atoms with Crippen LogP contribution < -0.4 is 10.5 Å². The molecule has 4 rings (SSSR count). The van der Waals surface area contributed by atoms with Gasteiger partial charge in [0.15, 0.2) is 0 Å². The van der Waals surface area contributed by atoms with Gasteiger partial charge >= 0.3 is 0 Å². The minimum Gasteiger partial charge on any atom is -0.368 e. The van der Waals surface area contributed by atoms with E-state index in [9.17, 15) is 4.79 Å². The second kappa shape index (κ2) is 8.19. The molecule has 0 atom stereocenters. The molecule has 2 aromatic heterocycles. The third-order valence-electron chi connectivity index (χ3n) is 5.80. The Labute approximate surface area is 178 Å². The molecule has 1 fully saturated rings. The Morgan fingerprint density at radius 1 is 0.967 bits per heavy atom. The van der Waals surface area contributed by atoms with Gasteiger partial charge in [-0.1, -0.05) is 39.0 Å². The van der Waals surface area contributed by atoms with Gasteiger partial charge in [-0.25, -0.2) is 4.68 Å². The van der Waals surface area contributed by atoms with Gasteiger partial charge in [-0.15, -0.1) is 0 Å². The first-order valence-corrected chi connectivity index (χ1v) is 10.7. The molecule has 6 heteroatoms. The van der Waals surface area contributed by atoms with E-state index >= 15 is 0 Å². The third kappa shape index (κ3) is 4.38. The van der Waals surface area contributed by atoms with Crippen molar-refractivity contribution in [2.45, 2.75) is 39.7 Å². The smallest absolute Gasteiger partial charge is 0.266 e. The fourth-order valence-electron chi connectivity index (χ4n) is 4.00. The van der Waals surface area contributed by atoms with Crippen LogP contribution in [-0.2, 0) is 12.0 Å². The summed E-state index contributed by atoms with van der Waals surface area (Å²) in [6.45, 7) is 13.8. The number of nitrogens with zero attached hydrogens (tertiary/aromatic N) is 5. The largest absolute Gasteiger partial charge is 0.368 e. The Morgan fingerprint density at radius 3 is 2.43 bits per heavy atom. The van der Waals surface area contributed by atoms with Crippen molar-refractivity contribution >= 4 is 16.6 Å². The molecule has 6 nitrogen and oxygen atoms in total. The lowest BCUT2D eigenvalue weighted by atomic mass is 9.92. The van der Waals surface area contributed by atoms with Gasteiger partial charge in [0.2, 0.25) is 0 Å². The van der Waals surface area contributed by atoms with Gasteiger partial charge in [-0.05, 0) is 25.1 Å². The molecule has 0 amide bonds. The number of piperazine rings is 1. The van der Waals surface area contributed by atoms with Gasteiger partial charge in [0, 0.05) is 61.0 Å². The highest BCUT2D eigenvalue weighted by atomic mass is 16.1. The fraction of sp³-hybridized carbons (Fsp3) is 0.458. The number of aromatic nitrogens is 3. The molecule has 1 aliphatic heterocycles. The molecule has 1 aromatic carbocycles. The molecule has 158 valence electrons. The van der Waals surface area contributed by atoms with Gasteiger partial charge in [0.05, 0.1) is 17.8 Å². The van der Waals surface area contributed by atoms with Crippen molar-refractivity contribution in [1.82, 2.24) is 19.7 Å². The zero-order valence-corrected chi connectivity index (χ0v) is 18.4. The topological polar surface area (TPSA) is 54.3 Å². The summed E-state index contributed by atoms with van der Waals surface area (Å²) in [5.74, 6) is 0. The van der Waals surface area contributed by atoms with Gasteiger partial charge in [0.1, 0.15) is 0 Å². The van der Waals surface area contributed by atoms with Crippen molar-refractivity contribution in [2.75, 3.05) is 37.6 Å². The lowest BCUT2D eigenvalue weighted by Gasteiger charge is -2.36. The van der Waals surface area contributed by atoms with E-state index in [-0.39, 0.29) is 11.0 Å². The number of fused-ring (bicyclic) bond motifs is 1. The standard InChI is InChI=1S/C24H31N5O/c1-18-17-21(19-7-5-6-8-20(19)25-18)28-14-11-27(12-15-28)13-16-29-23(30)10-9-22(26-29)24(2,3)4/h5-10,17H,11-16H2,1-4H3. The average molecular weight is 406 g/mol. The summed E-state index contributed by atoms with van der Waals surface area (Å²) in [5.41, 5.74) is 4.24. The van der Waals surface area contributed by atoms with E-state index < -0.39 is 0 Å². The number of benzene rings is 1. The van der Waals surface area contributed by atoms with E-state index in [0.29, 0.717) is 6.54 Å². The second-order valence-corrected chi connectivity index (χ2v) is 9.16. The highest BCUT2D eigenvalue weighted by Gasteiger charge is 2.20. The Balaban J connectivity index is 1.41. The predicted molar refractivity (Wildman–Crippen MR) is 122 cm³/mol. The molecule has 0 radical (unpaired) electrons. The maximum atomic E-state index is 12.2. The molecular weight excluding hydrogens is 374 g/mol. The Bertz CT molecular complexity index is 1090. The van der Waals surface area contributed by atoms with Crippen molar-refractivity contribution in [3.8, 4) is 0 Å². The molecule has 3 heterocycles. The maximum Gasteiger partial charge on any atom is 0.266 e. The van der Waals surface area contributed by atoms with E-state index in [1.54, 1.807) is 10.7 Å². The fourth-order valence-corrected chi connectivity index (χ4v) is 4.00. The molecule has 0 aliphatic carbocycles. The summed E-state index contributed by atoms with van der Waals surface area (Å²) in [6, 6.07) is 14.0. The number of rotatable bonds is 4. The molecular formula is C24H31N5O. The van der Waals surface area contributed by atoms with E-state index in [1.165, 1.54) is 11.1 Å². The lowest BCUT2D eigenvalue weighted by Crippen LogP contribution is -2.47. The second-order valence-electron chi connectivity index (χ2n) is 9.16. The quantitative estimate of drug-likeness (QED) is 0.667. The predicted octanol–water partition coefficient (Wildman–Crippen LogP) is 3.22. The first kappa shape index (κ1) is 20.5. The van der Waals surface area contributed by atoms with Gasteiger partial charge in [0.25, 0.3) is 5.56 Å². The van der Waals surface area contributed by atoms with Gasteiger partial charge in [-0.2, -0.15) is 5.10 Å². The highest BCUT2D eigenvalue weighted by molar-refractivity contribution is 5.92. The van der Waals surface area contributed by atoms with E-state index in [0.717, 1.165) is 49.6 Å². The van der Waals surface area contributed by atoms with Crippen molar-refractivity contribution < 1.29 is 0 Å². The zero-order valence-electron chi connectivity index (χ0n) is 18.4. The van der Waals surface area contributed by atoms with E-state index in [1.807, 2.05) is 12.1 Å². The summed E-state index contributed by atoms with van der Waals surface area (Å²) in [5, 5.41) is 5.81. The Hall–Kier alpha value is -2.73. The molecule has 30 heavy (non-hydrogen) atoms. The van der Waals surface area contributed by atoms with Crippen LogP contribution in [0.15, 0.2) is 47.3 Å². The van der Waals surface area contributed by atoms with Crippen molar-refractivity contribution in [2.24, 2.45) is 0 Å². The third-order valence-corrected chi connectivity index (χ3v) is 5.80. The molecule has 3 aromatic rings. The molecule has 0 N–H and O–H groups in total. The Morgan fingerprint density at radius 2 is 1.70 bits per heavy atom. The highest BCUT2D eigenvalue weighted by Crippen LogP contribution is 2.27. The number of aryl methyl sites for hydroxylation is 1. The summed E-state index contributed by atoms with van der Waals surface area (Å²) in [4.78, 5) is 21.8. The maximum absolute atomic E-state index is 12.2. The van der Waals surface area contributed by atoms with Crippen LogP contribution in [0.2, 0.25) is 0 Å². The molecule has 0 spiro atoms. The van der Waals surface area contributed by atoms with Crippen LogP contribution >= 0.6 is 0 Å². The average Bonchev–Trinajstić information content (AvgIpc) is 2.72. The minimum absolute atomic E-state index is 0.0274.